The van der Waals surface area contributed by atoms with E-state index in [4.69, 9.17) is 0 Å². The molecule has 10 heteroatoms. The van der Waals surface area contributed by atoms with Gasteiger partial charge in [-0.2, -0.15) is 23.2 Å². The lowest BCUT2D eigenvalue weighted by molar-refractivity contribution is -0.147. The number of halogens is 3. The summed E-state index contributed by atoms with van der Waals surface area (Å²) in [6, 6.07) is 7.22. The summed E-state index contributed by atoms with van der Waals surface area (Å²) in [6.07, 6.45) is 2.52. The van der Waals surface area contributed by atoms with Crippen molar-refractivity contribution in [3.8, 4) is 17.3 Å². The molecule has 0 radical (unpaired) electrons. The Balaban J connectivity index is 1.82. The van der Waals surface area contributed by atoms with Crippen LogP contribution in [-0.2, 0) is 10.0 Å². The predicted octanol–water partition coefficient (Wildman–Crippen LogP) is 4.52. The molecular weight excluding hydrogens is 441 g/mol. The van der Waals surface area contributed by atoms with Crippen molar-refractivity contribution in [1.82, 2.24) is 14.3 Å². The number of hydrogen-bond donors (Lipinski definition) is 1. The molecule has 164 valence electrons. The molecule has 3 aromatic rings. The molecule has 1 aliphatic rings. The van der Waals surface area contributed by atoms with E-state index < -0.39 is 22.2 Å². The Labute approximate surface area is 182 Å². The molecule has 1 atom stereocenters. The summed E-state index contributed by atoms with van der Waals surface area (Å²) in [4.78, 5) is 3.97. The molecule has 1 aromatic carbocycles. The number of hydrogen-bond acceptors (Lipinski definition) is 4. The molecule has 6 nitrogen and oxygen atoms in total. The molecule has 1 aliphatic carbocycles. The highest BCUT2D eigenvalue weighted by atomic mass is 32.2. The highest BCUT2D eigenvalue weighted by Crippen LogP contribution is 2.37. The van der Waals surface area contributed by atoms with Gasteiger partial charge < -0.3 is 4.57 Å². The molecule has 0 saturated heterocycles. The highest BCUT2D eigenvalue weighted by molar-refractivity contribution is 7.89. The van der Waals surface area contributed by atoms with Gasteiger partial charge in [-0.15, -0.1) is 0 Å². The zero-order valence-corrected chi connectivity index (χ0v) is 17.8. The fourth-order valence-electron chi connectivity index (χ4n) is 3.43. The van der Waals surface area contributed by atoms with Crippen molar-refractivity contribution in [2.24, 2.45) is 0 Å². The first kappa shape index (κ1) is 21.8. The largest absolute Gasteiger partial charge is 0.404 e. The lowest BCUT2D eigenvalue weighted by atomic mass is 10.1. The topological polar surface area (TPSA) is 87.8 Å². The van der Waals surface area contributed by atoms with E-state index in [-0.39, 0.29) is 4.90 Å². The van der Waals surface area contributed by atoms with E-state index in [9.17, 15) is 26.9 Å². The van der Waals surface area contributed by atoms with Crippen LogP contribution in [0.2, 0.25) is 0 Å². The molecule has 0 fully saturated rings. The first-order valence-corrected chi connectivity index (χ1v) is 11.0. The summed E-state index contributed by atoms with van der Waals surface area (Å²) in [6.45, 7) is 2.57. The minimum absolute atomic E-state index is 0.307. The predicted molar refractivity (Wildman–Crippen MR) is 114 cm³/mol. The monoisotopic (exact) mass is 458 g/mol. The summed E-state index contributed by atoms with van der Waals surface area (Å²) in [5, 5.41) is 10.5. The normalized spacial score (nSPS) is 14.7. The van der Waals surface area contributed by atoms with Gasteiger partial charge in [-0.25, -0.2) is 8.42 Å². The number of nitrogens with one attached hydrogen (secondary N) is 1. The molecule has 0 spiro atoms. The minimum atomic E-state index is -4.70. The van der Waals surface area contributed by atoms with Crippen molar-refractivity contribution in [3.63, 3.8) is 0 Å². The van der Waals surface area contributed by atoms with Gasteiger partial charge in [-0.1, -0.05) is 18.2 Å². The van der Waals surface area contributed by atoms with Gasteiger partial charge in [0.05, 0.1) is 21.7 Å². The molecule has 1 N–H and O–H groups in total. The fraction of sp³-hybridized carbons (Fsp3) is 0.182. The van der Waals surface area contributed by atoms with Gasteiger partial charge in [-0.05, 0) is 49.8 Å². The van der Waals surface area contributed by atoms with E-state index in [2.05, 4.69) is 11.1 Å². The minimum Gasteiger partial charge on any atom is -0.308 e. The lowest BCUT2D eigenvalue weighted by Gasteiger charge is -2.18. The Kier molecular flexibility index (Phi) is 5.19. The van der Waals surface area contributed by atoms with Crippen molar-refractivity contribution >= 4 is 26.6 Å². The molecule has 0 amide bonds. The fourth-order valence-corrected chi connectivity index (χ4v) is 4.66. The molecular formula is C22H17F3N4O2S. The van der Waals surface area contributed by atoms with Gasteiger partial charge in [0.2, 0.25) is 10.0 Å². The number of pyridine rings is 1. The van der Waals surface area contributed by atoms with Crippen molar-refractivity contribution < 1.29 is 21.6 Å². The molecule has 0 aliphatic heterocycles. The number of nitrogens with zero attached hydrogens (tertiary/aromatic N) is 3. The summed E-state index contributed by atoms with van der Waals surface area (Å²) >= 11 is 0. The molecule has 2 heterocycles. The van der Waals surface area contributed by atoms with E-state index in [0.29, 0.717) is 22.2 Å². The van der Waals surface area contributed by atoms with Gasteiger partial charge in [0.15, 0.2) is 0 Å². The van der Waals surface area contributed by atoms with Crippen LogP contribution in [0.25, 0.3) is 27.9 Å². The van der Waals surface area contributed by atoms with Crippen LogP contribution in [0.4, 0.5) is 13.2 Å². The number of fused-ring (bicyclic) bond motifs is 1. The van der Waals surface area contributed by atoms with Crippen LogP contribution >= 0.6 is 0 Å². The Morgan fingerprint density at radius 2 is 1.88 bits per heavy atom. The molecule has 0 bridgehead atoms. The van der Waals surface area contributed by atoms with Crippen LogP contribution < -0.4 is 4.72 Å². The van der Waals surface area contributed by atoms with E-state index >= 15 is 0 Å². The smallest absolute Gasteiger partial charge is 0.308 e. The van der Waals surface area contributed by atoms with Crippen molar-refractivity contribution in [2.45, 2.75) is 31.0 Å². The first-order chi connectivity index (χ1) is 15.0. The van der Waals surface area contributed by atoms with Gasteiger partial charge >= 0.3 is 6.18 Å². The second-order valence-electron chi connectivity index (χ2n) is 7.37. The number of alkyl halides is 3. The van der Waals surface area contributed by atoms with Crippen molar-refractivity contribution in [2.75, 3.05) is 0 Å². The van der Waals surface area contributed by atoms with Gasteiger partial charge in [-0.3, -0.25) is 4.98 Å². The van der Waals surface area contributed by atoms with Crippen molar-refractivity contribution in [1.29, 1.82) is 5.26 Å². The standard InChI is InChI=1S/C22H17F3N4O2S/c1-13-10-20-19(12-27-13)18(11-26)21(29(20)16-4-3-5-16)15-6-8-17(9-7-15)32(30,31)28-14(2)22(23,24)25/h3-10,12,14,28H,1-2H3. The third-order valence-electron chi connectivity index (χ3n) is 5.15. The Hall–Kier alpha value is -3.42. The third kappa shape index (κ3) is 3.70. The zero-order chi connectivity index (χ0) is 23.3. The maximum Gasteiger partial charge on any atom is 0.404 e. The zero-order valence-electron chi connectivity index (χ0n) is 17.0. The third-order valence-corrected chi connectivity index (χ3v) is 6.71. The van der Waals surface area contributed by atoms with Crippen LogP contribution in [0.5, 0.6) is 0 Å². The SMILES string of the molecule is Cc1cc2c(cn1)c(C#N)c(-c1ccc(S(=O)(=O)NC(C)C(F)(F)F)cc1)n2C1=CC=C1. The summed E-state index contributed by atoms with van der Waals surface area (Å²) in [7, 11) is -4.38. The van der Waals surface area contributed by atoms with Crippen LogP contribution in [0.15, 0.2) is 59.7 Å². The quantitative estimate of drug-likeness (QED) is 0.609. The van der Waals surface area contributed by atoms with Crippen molar-refractivity contribution in [3.05, 3.63) is 66.0 Å². The first-order valence-electron chi connectivity index (χ1n) is 9.52. The number of benzene rings is 1. The second kappa shape index (κ2) is 7.62. The Morgan fingerprint density at radius 3 is 2.41 bits per heavy atom. The van der Waals surface area contributed by atoms with Crippen LogP contribution in [0.3, 0.4) is 0 Å². The van der Waals surface area contributed by atoms with Crippen LogP contribution in [0.1, 0.15) is 18.2 Å². The average molecular weight is 458 g/mol. The van der Waals surface area contributed by atoms with Crippen LogP contribution in [0, 0.1) is 18.3 Å². The van der Waals surface area contributed by atoms with E-state index in [1.54, 1.807) is 10.9 Å². The molecule has 2 aromatic heterocycles. The number of aromatic nitrogens is 2. The maximum atomic E-state index is 12.8. The van der Waals surface area contributed by atoms with Gasteiger partial charge in [0.25, 0.3) is 0 Å². The molecule has 4 rings (SSSR count). The Bertz CT molecular complexity index is 1430. The van der Waals surface area contributed by atoms with Gasteiger partial charge in [0.1, 0.15) is 12.1 Å². The van der Waals surface area contributed by atoms with E-state index in [1.807, 2.05) is 35.8 Å². The van der Waals surface area contributed by atoms with E-state index in [1.165, 1.54) is 24.3 Å². The number of sulfonamides is 1. The average Bonchev–Trinajstić information content (AvgIpc) is 2.99. The van der Waals surface area contributed by atoms with Gasteiger partial charge in [0, 0.05) is 23.0 Å². The highest BCUT2D eigenvalue weighted by Gasteiger charge is 2.38. The van der Waals surface area contributed by atoms with E-state index in [0.717, 1.165) is 23.8 Å². The van der Waals surface area contributed by atoms with Crippen LogP contribution in [-0.4, -0.2) is 30.2 Å². The Morgan fingerprint density at radius 1 is 1.22 bits per heavy atom. The maximum absolute atomic E-state index is 12.8. The second-order valence-corrected chi connectivity index (χ2v) is 9.09. The number of allylic oxidation sites excluding steroid dienone is 4. The number of nitriles is 1. The number of aryl methyl sites for hydroxylation is 1. The molecule has 1 unspecified atom stereocenters. The summed E-state index contributed by atoms with van der Waals surface area (Å²) < 4.78 is 66.6. The molecule has 0 saturated carbocycles. The summed E-state index contributed by atoms with van der Waals surface area (Å²) in [5.41, 5.74) is 3.84. The lowest BCUT2D eigenvalue weighted by Crippen LogP contribution is -2.42. The molecule has 32 heavy (non-hydrogen) atoms. The number of rotatable bonds is 5. The summed E-state index contributed by atoms with van der Waals surface area (Å²) in [5.74, 6) is 0.